The van der Waals surface area contributed by atoms with Crippen LogP contribution in [0.1, 0.15) is 13.3 Å². The number of carbonyl (C=O) groups excluding carboxylic acids is 1. The fourth-order valence-corrected chi connectivity index (χ4v) is 1.69. The highest BCUT2D eigenvalue weighted by molar-refractivity contribution is 6.30. The minimum absolute atomic E-state index is 0.0923. The van der Waals surface area contributed by atoms with Gasteiger partial charge in [-0.15, -0.1) is 0 Å². The van der Waals surface area contributed by atoms with Gasteiger partial charge < -0.3 is 10.4 Å². The van der Waals surface area contributed by atoms with Crippen molar-refractivity contribution in [1.82, 2.24) is 4.90 Å². The Morgan fingerprint density at radius 2 is 2.28 bits per heavy atom. The van der Waals surface area contributed by atoms with Crippen LogP contribution in [-0.4, -0.2) is 42.2 Å². The van der Waals surface area contributed by atoms with E-state index in [0.29, 0.717) is 30.2 Å². The first-order chi connectivity index (χ1) is 8.47. The molecule has 1 aromatic carbocycles. The number of hydrogen-bond acceptors (Lipinski definition) is 3. The van der Waals surface area contributed by atoms with Gasteiger partial charge in [-0.25, -0.2) is 0 Å². The number of amides is 1. The third kappa shape index (κ3) is 6.00. The molecule has 0 saturated carbocycles. The number of hydrogen-bond donors (Lipinski definition) is 2. The van der Waals surface area contributed by atoms with Gasteiger partial charge in [0.15, 0.2) is 0 Å². The van der Waals surface area contributed by atoms with Crippen LogP contribution in [0.2, 0.25) is 5.02 Å². The third-order valence-electron chi connectivity index (χ3n) is 2.45. The lowest BCUT2D eigenvalue weighted by Gasteiger charge is -2.17. The molecule has 0 saturated heterocycles. The van der Waals surface area contributed by atoms with Crippen LogP contribution in [0.25, 0.3) is 0 Å². The Morgan fingerprint density at radius 1 is 1.56 bits per heavy atom. The molecule has 0 bridgehead atoms. The van der Waals surface area contributed by atoms with E-state index in [1.807, 2.05) is 11.9 Å². The van der Waals surface area contributed by atoms with Gasteiger partial charge in [-0.1, -0.05) is 17.7 Å². The van der Waals surface area contributed by atoms with Gasteiger partial charge in [0, 0.05) is 17.3 Å². The zero-order valence-electron chi connectivity index (χ0n) is 10.7. The molecule has 0 aliphatic heterocycles. The number of benzene rings is 1. The summed E-state index contributed by atoms with van der Waals surface area (Å²) in [5, 5.41) is 12.5. The van der Waals surface area contributed by atoms with Crippen molar-refractivity contribution in [2.75, 3.05) is 25.5 Å². The van der Waals surface area contributed by atoms with Crippen molar-refractivity contribution in [3.63, 3.8) is 0 Å². The Bertz CT molecular complexity index is 396. The molecular weight excluding hydrogens is 252 g/mol. The molecule has 0 aliphatic rings. The van der Waals surface area contributed by atoms with E-state index in [-0.39, 0.29) is 12.0 Å². The van der Waals surface area contributed by atoms with Gasteiger partial charge in [-0.2, -0.15) is 0 Å². The van der Waals surface area contributed by atoms with E-state index in [1.165, 1.54) is 0 Å². The minimum Gasteiger partial charge on any atom is -0.393 e. The molecule has 1 atom stereocenters. The van der Waals surface area contributed by atoms with Gasteiger partial charge in [0.05, 0.1) is 12.6 Å². The molecule has 4 nitrogen and oxygen atoms in total. The average Bonchev–Trinajstić information content (AvgIpc) is 2.26. The first-order valence-electron chi connectivity index (χ1n) is 5.89. The molecule has 0 heterocycles. The number of nitrogens with one attached hydrogen (secondary N) is 1. The van der Waals surface area contributed by atoms with Gasteiger partial charge in [0.2, 0.25) is 5.91 Å². The quantitative estimate of drug-likeness (QED) is 0.831. The second kappa shape index (κ2) is 7.36. The van der Waals surface area contributed by atoms with Crippen LogP contribution >= 0.6 is 11.6 Å². The Hall–Kier alpha value is -1.10. The number of nitrogens with zero attached hydrogens (tertiary/aromatic N) is 1. The zero-order valence-corrected chi connectivity index (χ0v) is 11.4. The number of aliphatic hydroxyl groups is 1. The Balaban J connectivity index is 2.37. The molecule has 1 aromatic rings. The molecule has 5 heteroatoms. The number of anilines is 1. The monoisotopic (exact) mass is 270 g/mol. The highest BCUT2D eigenvalue weighted by atomic mass is 35.5. The summed E-state index contributed by atoms with van der Waals surface area (Å²) in [5.41, 5.74) is 0.691. The topological polar surface area (TPSA) is 52.6 Å². The molecule has 0 radical (unpaired) electrons. The van der Waals surface area contributed by atoms with Crippen molar-refractivity contribution >= 4 is 23.2 Å². The van der Waals surface area contributed by atoms with E-state index in [4.69, 9.17) is 16.7 Å². The van der Waals surface area contributed by atoms with Crippen LogP contribution in [0, 0.1) is 0 Å². The second-order valence-corrected chi connectivity index (χ2v) is 4.87. The molecule has 2 N–H and O–H groups in total. The number of aliphatic hydroxyl groups excluding tert-OH is 1. The summed E-state index contributed by atoms with van der Waals surface area (Å²) >= 11 is 5.83. The van der Waals surface area contributed by atoms with E-state index in [0.717, 1.165) is 0 Å². The number of rotatable bonds is 6. The summed E-state index contributed by atoms with van der Waals surface area (Å²) < 4.78 is 0. The lowest BCUT2D eigenvalue weighted by atomic mass is 10.2. The smallest absolute Gasteiger partial charge is 0.238 e. The molecule has 0 spiro atoms. The molecule has 1 amide bonds. The normalized spacial score (nSPS) is 12.5. The van der Waals surface area contributed by atoms with Gasteiger partial charge in [0.1, 0.15) is 0 Å². The van der Waals surface area contributed by atoms with E-state index in [1.54, 1.807) is 31.2 Å². The van der Waals surface area contributed by atoms with Gasteiger partial charge >= 0.3 is 0 Å². The third-order valence-corrected chi connectivity index (χ3v) is 2.69. The summed E-state index contributed by atoms with van der Waals surface area (Å²) in [6, 6.07) is 7.04. The maximum atomic E-state index is 11.7. The summed E-state index contributed by atoms with van der Waals surface area (Å²) in [6.45, 7) is 2.71. The van der Waals surface area contributed by atoms with Crippen molar-refractivity contribution in [2.45, 2.75) is 19.4 Å². The first kappa shape index (κ1) is 15.0. The summed E-state index contributed by atoms with van der Waals surface area (Å²) in [4.78, 5) is 13.6. The van der Waals surface area contributed by atoms with Crippen molar-refractivity contribution in [3.8, 4) is 0 Å². The van der Waals surface area contributed by atoms with Crippen molar-refractivity contribution in [2.24, 2.45) is 0 Å². The van der Waals surface area contributed by atoms with Crippen LogP contribution < -0.4 is 5.32 Å². The largest absolute Gasteiger partial charge is 0.393 e. The number of carbonyl (C=O) groups is 1. The lowest BCUT2D eigenvalue weighted by molar-refractivity contribution is -0.117. The number of halogens is 1. The van der Waals surface area contributed by atoms with Gasteiger partial charge in [0.25, 0.3) is 0 Å². The molecule has 100 valence electrons. The van der Waals surface area contributed by atoms with Crippen LogP contribution in [0.3, 0.4) is 0 Å². The SMILES string of the molecule is CC(O)CCN(C)CC(=O)Nc1cccc(Cl)c1. The van der Waals surface area contributed by atoms with E-state index < -0.39 is 0 Å². The van der Waals surface area contributed by atoms with Crippen molar-refractivity contribution in [1.29, 1.82) is 0 Å². The van der Waals surface area contributed by atoms with Crippen LogP contribution in [-0.2, 0) is 4.79 Å². The molecular formula is C13H19ClN2O2. The molecule has 0 aromatic heterocycles. The predicted octanol–water partition coefficient (Wildman–Crippen LogP) is 1.98. The summed E-state index contributed by atoms with van der Waals surface area (Å²) in [7, 11) is 1.85. The Labute approximate surface area is 113 Å². The van der Waals surface area contributed by atoms with Gasteiger partial charge in [-0.3, -0.25) is 9.69 Å². The van der Waals surface area contributed by atoms with Crippen LogP contribution in [0.5, 0.6) is 0 Å². The lowest BCUT2D eigenvalue weighted by Crippen LogP contribution is -2.32. The van der Waals surface area contributed by atoms with E-state index in [9.17, 15) is 4.79 Å². The highest BCUT2D eigenvalue weighted by Gasteiger charge is 2.08. The molecule has 0 fully saturated rings. The van der Waals surface area contributed by atoms with E-state index in [2.05, 4.69) is 5.32 Å². The average molecular weight is 271 g/mol. The first-order valence-corrected chi connectivity index (χ1v) is 6.27. The van der Waals surface area contributed by atoms with Crippen LogP contribution in [0.4, 0.5) is 5.69 Å². The molecule has 0 aliphatic carbocycles. The Kier molecular flexibility index (Phi) is 6.12. The maximum absolute atomic E-state index is 11.7. The Morgan fingerprint density at radius 3 is 2.89 bits per heavy atom. The fourth-order valence-electron chi connectivity index (χ4n) is 1.50. The van der Waals surface area contributed by atoms with E-state index >= 15 is 0 Å². The summed E-state index contributed by atoms with van der Waals surface area (Å²) in [6.07, 6.45) is 0.310. The molecule has 1 rings (SSSR count). The van der Waals surface area contributed by atoms with Crippen molar-refractivity contribution < 1.29 is 9.90 Å². The minimum atomic E-state index is -0.344. The summed E-state index contributed by atoms with van der Waals surface area (Å²) in [5.74, 6) is -0.0923. The number of likely N-dealkylation sites (N-methyl/N-ethyl adjacent to an activating group) is 1. The standard InChI is InChI=1S/C13H19ClN2O2/c1-10(17)6-7-16(2)9-13(18)15-12-5-3-4-11(14)8-12/h3-5,8,10,17H,6-7,9H2,1-2H3,(H,15,18). The fraction of sp³-hybridized carbons (Fsp3) is 0.462. The second-order valence-electron chi connectivity index (χ2n) is 4.43. The predicted molar refractivity (Wildman–Crippen MR) is 73.9 cm³/mol. The van der Waals surface area contributed by atoms with Crippen LogP contribution in [0.15, 0.2) is 24.3 Å². The zero-order chi connectivity index (χ0) is 13.5. The molecule has 18 heavy (non-hydrogen) atoms. The van der Waals surface area contributed by atoms with Crippen molar-refractivity contribution in [3.05, 3.63) is 29.3 Å². The molecule has 1 unspecified atom stereocenters. The van der Waals surface area contributed by atoms with Gasteiger partial charge in [-0.05, 0) is 38.6 Å². The maximum Gasteiger partial charge on any atom is 0.238 e. The highest BCUT2D eigenvalue weighted by Crippen LogP contribution is 2.14.